The molecule has 0 saturated heterocycles. The minimum atomic E-state index is -2.30. The lowest BCUT2D eigenvalue weighted by Crippen LogP contribution is -2.38. The molecule has 90 valence electrons. The SMILES string of the molecule is CN(CC(F)F)CC(N)Cc1ccccc1. The fraction of sp³-hybridized carbons (Fsp3) is 0.500. The average Bonchev–Trinajstić information content (AvgIpc) is 2.17. The molecular weight excluding hydrogens is 210 g/mol. The van der Waals surface area contributed by atoms with Crippen LogP contribution in [0.4, 0.5) is 8.78 Å². The van der Waals surface area contributed by atoms with Gasteiger partial charge < -0.3 is 5.73 Å². The first-order valence-electron chi connectivity index (χ1n) is 5.34. The molecule has 16 heavy (non-hydrogen) atoms. The van der Waals surface area contributed by atoms with Gasteiger partial charge in [0.1, 0.15) is 0 Å². The second-order valence-electron chi connectivity index (χ2n) is 4.06. The molecule has 0 aromatic heterocycles. The van der Waals surface area contributed by atoms with Gasteiger partial charge in [-0.05, 0) is 19.0 Å². The highest BCUT2D eigenvalue weighted by Gasteiger charge is 2.11. The highest BCUT2D eigenvalue weighted by molar-refractivity contribution is 5.15. The van der Waals surface area contributed by atoms with Crippen molar-refractivity contribution in [3.8, 4) is 0 Å². The summed E-state index contributed by atoms with van der Waals surface area (Å²) in [6.45, 7) is 0.266. The molecule has 1 atom stereocenters. The van der Waals surface area contributed by atoms with E-state index in [1.54, 1.807) is 11.9 Å². The van der Waals surface area contributed by atoms with Crippen LogP contribution in [0.15, 0.2) is 30.3 Å². The maximum atomic E-state index is 12.1. The maximum Gasteiger partial charge on any atom is 0.251 e. The summed E-state index contributed by atoms with van der Waals surface area (Å²) < 4.78 is 24.2. The number of hydrogen-bond donors (Lipinski definition) is 1. The van der Waals surface area contributed by atoms with Crippen molar-refractivity contribution < 1.29 is 8.78 Å². The Morgan fingerprint density at radius 3 is 2.38 bits per heavy atom. The highest BCUT2D eigenvalue weighted by Crippen LogP contribution is 2.03. The summed E-state index contributed by atoms with van der Waals surface area (Å²) in [4.78, 5) is 1.57. The molecule has 1 aromatic carbocycles. The first-order valence-corrected chi connectivity index (χ1v) is 5.34. The zero-order valence-electron chi connectivity index (χ0n) is 9.44. The molecule has 0 radical (unpaired) electrons. The number of benzene rings is 1. The minimum Gasteiger partial charge on any atom is -0.326 e. The molecule has 0 aliphatic heterocycles. The van der Waals surface area contributed by atoms with Crippen LogP contribution in [-0.4, -0.2) is 37.5 Å². The molecule has 1 aromatic rings. The number of likely N-dealkylation sites (N-methyl/N-ethyl adjacent to an activating group) is 1. The Kier molecular flexibility index (Phi) is 5.35. The van der Waals surface area contributed by atoms with Crippen molar-refractivity contribution in [1.82, 2.24) is 4.90 Å². The lowest BCUT2D eigenvalue weighted by atomic mass is 10.1. The molecular formula is C12H18F2N2. The molecule has 0 aliphatic rings. The number of alkyl halides is 2. The Balaban J connectivity index is 2.33. The van der Waals surface area contributed by atoms with E-state index < -0.39 is 6.43 Å². The maximum absolute atomic E-state index is 12.1. The summed E-state index contributed by atoms with van der Waals surface area (Å²) in [7, 11) is 1.66. The smallest absolute Gasteiger partial charge is 0.251 e. The number of hydrogen-bond acceptors (Lipinski definition) is 2. The standard InChI is InChI=1S/C12H18F2N2/c1-16(9-12(13)14)8-11(15)7-10-5-3-2-4-6-10/h2-6,11-12H,7-9,15H2,1H3. The fourth-order valence-corrected chi connectivity index (χ4v) is 1.69. The second kappa shape index (κ2) is 6.55. The normalized spacial score (nSPS) is 13.4. The van der Waals surface area contributed by atoms with Crippen LogP contribution in [0.2, 0.25) is 0 Å². The number of halogens is 2. The van der Waals surface area contributed by atoms with Crippen molar-refractivity contribution in [3.05, 3.63) is 35.9 Å². The first-order chi connectivity index (χ1) is 7.58. The van der Waals surface area contributed by atoms with Crippen molar-refractivity contribution in [3.63, 3.8) is 0 Å². The number of nitrogens with zero attached hydrogens (tertiary/aromatic N) is 1. The third-order valence-corrected chi connectivity index (χ3v) is 2.34. The number of nitrogens with two attached hydrogens (primary N) is 1. The predicted molar refractivity (Wildman–Crippen MR) is 61.6 cm³/mol. The largest absolute Gasteiger partial charge is 0.326 e. The molecule has 2 nitrogen and oxygen atoms in total. The Morgan fingerprint density at radius 1 is 1.19 bits per heavy atom. The topological polar surface area (TPSA) is 29.3 Å². The second-order valence-corrected chi connectivity index (χ2v) is 4.06. The van der Waals surface area contributed by atoms with Gasteiger partial charge in [0, 0.05) is 12.6 Å². The van der Waals surface area contributed by atoms with E-state index in [-0.39, 0.29) is 12.6 Å². The zero-order valence-corrected chi connectivity index (χ0v) is 9.44. The third-order valence-electron chi connectivity index (χ3n) is 2.34. The Labute approximate surface area is 95.1 Å². The van der Waals surface area contributed by atoms with Crippen LogP contribution in [0.5, 0.6) is 0 Å². The van der Waals surface area contributed by atoms with E-state index in [0.29, 0.717) is 13.0 Å². The minimum absolute atomic E-state index is 0.105. The van der Waals surface area contributed by atoms with E-state index in [4.69, 9.17) is 5.73 Å². The van der Waals surface area contributed by atoms with Crippen LogP contribution in [0, 0.1) is 0 Å². The van der Waals surface area contributed by atoms with Crippen LogP contribution < -0.4 is 5.73 Å². The van der Waals surface area contributed by atoms with Crippen molar-refractivity contribution in [2.75, 3.05) is 20.1 Å². The average molecular weight is 228 g/mol. The van der Waals surface area contributed by atoms with Crippen molar-refractivity contribution in [1.29, 1.82) is 0 Å². The summed E-state index contributed by atoms with van der Waals surface area (Å²) >= 11 is 0. The van der Waals surface area contributed by atoms with Crippen molar-refractivity contribution in [2.45, 2.75) is 18.9 Å². The summed E-state index contributed by atoms with van der Waals surface area (Å²) in [6.07, 6.45) is -1.58. The fourth-order valence-electron chi connectivity index (χ4n) is 1.69. The molecule has 4 heteroatoms. The Morgan fingerprint density at radius 2 is 1.81 bits per heavy atom. The van der Waals surface area contributed by atoms with E-state index in [2.05, 4.69) is 0 Å². The van der Waals surface area contributed by atoms with E-state index in [1.165, 1.54) is 0 Å². The molecule has 0 aliphatic carbocycles. The lowest BCUT2D eigenvalue weighted by Gasteiger charge is -2.20. The van der Waals surface area contributed by atoms with Gasteiger partial charge in [-0.3, -0.25) is 4.90 Å². The third kappa shape index (κ3) is 5.19. The van der Waals surface area contributed by atoms with E-state index in [0.717, 1.165) is 5.56 Å². The molecule has 0 bridgehead atoms. The van der Waals surface area contributed by atoms with Crippen LogP contribution in [0.3, 0.4) is 0 Å². The van der Waals surface area contributed by atoms with Crippen LogP contribution in [0.25, 0.3) is 0 Å². The van der Waals surface area contributed by atoms with Gasteiger partial charge in [-0.25, -0.2) is 8.78 Å². The molecule has 1 unspecified atom stereocenters. The molecule has 0 fully saturated rings. The number of rotatable bonds is 6. The van der Waals surface area contributed by atoms with Gasteiger partial charge in [0.05, 0.1) is 6.54 Å². The Bertz CT molecular complexity index is 290. The summed E-state index contributed by atoms with van der Waals surface area (Å²) in [6, 6.07) is 9.72. The quantitative estimate of drug-likeness (QED) is 0.803. The highest BCUT2D eigenvalue weighted by atomic mass is 19.3. The van der Waals surface area contributed by atoms with Gasteiger partial charge in [-0.1, -0.05) is 30.3 Å². The predicted octanol–water partition coefficient (Wildman–Crippen LogP) is 1.75. The van der Waals surface area contributed by atoms with E-state index in [1.807, 2.05) is 30.3 Å². The van der Waals surface area contributed by atoms with Gasteiger partial charge in [0.15, 0.2) is 0 Å². The van der Waals surface area contributed by atoms with Crippen molar-refractivity contribution in [2.24, 2.45) is 5.73 Å². The van der Waals surface area contributed by atoms with Crippen LogP contribution in [0.1, 0.15) is 5.56 Å². The van der Waals surface area contributed by atoms with Gasteiger partial charge in [0.25, 0.3) is 6.43 Å². The molecule has 2 N–H and O–H groups in total. The summed E-state index contributed by atoms with van der Waals surface area (Å²) in [5.74, 6) is 0. The first kappa shape index (κ1) is 13.1. The Hall–Kier alpha value is -1.00. The zero-order chi connectivity index (χ0) is 12.0. The molecule has 0 saturated carbocycles. The van der Waals surface area contributed by atoms with Crippen LogP contribution in [-0.2, 0) is 6.42 Å². The van der Waals surface area contributed by atoms with E-state index >= 15 is 0 Å². The summed E-state index contributed by atoms with van der Waals surface area (Å²) in [5, 5.41) is 0. The van der Waals surface area contributed by atoms with Crippen LogP contribution >= 0.6 is 0 Å². The van der Waals surface area contributed by atoms with Crippen molar-refractivity contribution >= 4 is 0 Å². The lowest BCUT2D eigenvalue weighted by molar-refractivity contribution is 0.0978. The van der Waals surface area contributed by atoms with Gasteiger partial charge in [-0.15, -0.1) is 0 Å². The van der Waals surface area contributed by atoms with Gasteiger partial charge in [0.2, 0.25) is 0 Å². The molecule has 0 amide bonds. The summed E-state index contributed by atoms with van der Waals surface area (Å²) in [5.41, 5.74) is 7.04. The molecule has 0 heterocycles. The van der Waals surface area contributed by atoms with Gasteiger partial charge >= 0.3 is 0 Å². The van der Waals surface area contributed by atoms with Gasteiger partial charge in [-0.2, -0.15) is 0 Å². The van der Waals surface area contributed by atoms with E-state index in [9.17, 15) is 8.78 Å². The monoisotopic (exact) mass is 228 g/mol. The molecule has 0 spiro atoms. The molecule has 1 rings (SSSR count).